The van der Waals surface area contributed by atoms with Crippen LogP contribution < -0.4 is 5.43 Å². The first-order chi connectivity index (χ1) is 9.45. The highest BCUT2D eigenvalue weighted by molar-refractivity contribution is 5.64. The molecule has 112 valence electrons. The number of aryl methyl sites for hydroxylation is 1. The molecule has 0 aliphatic carbocycles. The third kappa shape index (κ3) is 4.79. The van der Waals surface area contributed by atoms with Crippen LogP contribution in [0.15, 0.2) is 17.2 Å². The number of nitrogens with one attached hydrogen (secondary N) is 1. The zero-order valence-electron chi connectivity index (χ0n) is 10.8. The SMILES string of the molecule is Cc1ccc(NN=C[C@H](O)[C@@H](O)[C@@H](O)[C@H](O)CO)nn1. The van der Waals surface area contributed by atoms with Gasteiger partial charge in [0.1, 0.15) is 24.4 Å². The van der Waals surface area contributed by atoms with Gasteiger partial charge in [0.15, 0.2) is 5.82 Å². The van der Waals surface area contributed by atoms with E-state index in [1.807, 2.05) is 0 Å². The van der Waals surface area contributed by atoms with Crippen LogP contribution in [0.4, 0.5) is 5.82 Å². The molecule has 9 heteroatoms. The number of hydrazone groups is 1. The summed E-state index contributed by atoms with van der Waals surface area (Å²) in [5.74, 6) is 0.337. The van der Waals surface area contributed by atoms with Gasteiger partial charge in [-0.05, 0) is 19.1 Å². The van der Waals surface area contributed by atoms with Gasteiger partial charge in [0.05, 0.1) is 18.5 Å². The maximum atomic E-state index is 9.53. The second-order valence-corrected chi connectivity index (χ2v) is 4.17. The van der Waals surface area contributed by atoms with Crippen molar-refractivity contribution in [1.82, 2.24) is 10.2 Å². The fourth-order valence-electron chi connectivity index (χ4n) is 1.26. The Morgan fingerprint density at radius 1 is 1.20 bits per heavy atom. The first-order valence-electron chi connectivity index (χ1n) is 5.88. The molecule has 0 amide bonds. The Balaban J connectivity index is 2.50. The van der Waals surface area contributed by atoms with Crippen molar-refractivity contribution >= 4 is 12.0 Å². The topological polar surface area (TPSA) is 151 Å². The van der Waals surface area contributed by atoms with Crippen LogP contribution in [0.2, 0.25) is 0 Å². The average Bonchev–Trinajstić information content (AvgIpc) is 2.46. The molecule has 0 radical (unpaired) electrons. The zero-order valence-corrected chi connectivity index (χ0v) is 10.8. The van der Waals surface area contributed by atoms with Gasteiger partial charge in [-0.15, -0.1) is 5.10 Å². The number of aliphatic hydroxyl groups excluding tert-OH is 5. The third-order valence-corrected chi connectivity index (χ3v) is 2.49. The largest absolute Gasteiger partial charge is 0.394 e. The standard InChI is InChI=1S/C11H18N4O5/c1-6-2-3-9(15-13-6)14-12-4-7(17)10(19)11(20)8(18)5-16/h2-4,7-8,10-11,16-20H,5H2,1H3,(H,14,15)/t7-,8+,10+,11-/m0/s1. The second-order valence-electron chi connectivity index (χ2n) is 4.17. The number of hydrogen-bond donors (Lipinski definition) is 6. The molecular weight excluding hydrogens is 268 g/mol. The van der Waals surface area contributed by atoms with Gasteiger partial charge in [-0.2, -0.15) is 10.2 Å². The number of nitrogens with zero attached hydrogens (tertiary/aromatic N) is 3. The monoisotopic (exact) mass is 286 g/mol. The molecule has 9 nitrogen and oxygen atoms in total. The van der Waals surface area contributed by atoms with Crippen molar-refractivity contribution in [2.75, 3.05) is 12.0 Å². The van der Waals surface area contributed by atoms with Gasteiger partial charge in [-0.25, -0.2) is 0 Å². The Hall–Kier alpha value is -1.65. The van der Waals surface area contributed by atoms with E-state index in [9.17, 15) is 15.3 Å². The van der Waals surface area contributed by atoms with Crippen LogP contribution in [0, 0.1) is 6.92 Å². The lowest BCUT2D eigenvalue weighted by Gasteiger charge is -2.23. The Morgan fingerprint density at radius 2 is 1.90 bits per heavy atom. The van der Waals surface area contributed by atoms with Crippen molar-refractivity contribution in [3.8, 4) is 0 Å². The zero-order chi connectivity index (χ0) is 15.1. The Bertz CT molecular complexity index is 427. The normalized spacial score (nSPS) is 17.7. The Morgan fingerprint density at radius 3 is 2.45 bits per heavy atom. The van der Waals surface area contributed by atoms with Gasteiger partial charge in [-0.3, -0.25) is 5.43 Å². The van der Waals surface area contributed by atoms with Gasteiger partial charge in [0, 0.05) is 0 Å². The fraction of sp³-hybridized carbons (Fsp3) is 0.545. The first-order valence-corrected chi connectivity index (χ1v) is 5.88. The van der Waals surface area contributed by atoms with Gasteiger partial charge in [-0.1, -0.05) is 0 Å². The molecule has 1 heterocycles. The smallest absolute Gasteiger partial charge is 0.168 e. The molecular formula is C11H18N4O5. The van der Waals surface area contributed by atoms with Gasteiger partial charge >= 0.3 is 0 Å². The summed E-state index contributed by atoms with van der Waals surface area (Å²) in [6, 6.07) is 3.32. The van der Waals surface area contributed by atoms with E-state index in [-0.39, 0.29) is 0 Å². The summed E-state index contributed by atoms with van der Waals surface area (Å²) in [5, 5.41) is 57.3. The molecule has 0 fully saturated rings. The lowest BCUT2D eigenvalue weighted by atomic mass is 10.0. The molecule has 1 rings (SSSR count). The summed E-state index contributed by atoms with van der Waals surface area (Å²) in [4.78, 5) is 0. The van der Waals surface area contributed by atoms with Crippen LogP contribution in [0.3, 0.4) is 0 Å². The van der Waals surface area contributed by atoms with E-state index in [1.165, 1.54) is 0 Å². The van der Waals surface area contributed by atoms with Gasteiger partial charge < -0.3 is 25.5 Å². The maximum Gasteiger partial charge on any atom is 0.168 e. The first kappa shape index (κ1) is 16.4. The number of aromatic nitrogens is 2. The lowest BCUT2D eigenvalue weighted by molar-refractivity contribution is -0.0999. The minimum atomic E-state index is -1.69. The van der Waals surface area contributed by atoms with Crippen LogP contribution in [0.1, 0.15) is 5.69 Å². The van der Waals surface area contributed by atoms with Gasteiger partial charge in [0.2, 0.25) is 0 Å². The van der Waals surface area contributed by atoms with Crippen LogP contribution in [-0.4, -0.2) is 73.0 Å². The van der Waals surface area contributed by atoms with E-state index in [4.69, 9.17) is 10.2 Å². The summed E-state index contributed by atoms with van der Waals surface area (Å²) < 4.78 is 0. The van der Waals surface area contributed by atoms with Crippen molar-refractivity contribution < 1.29 is 25.5 Å². The number of hydrogen-bond acceptors (Lipinski definition) is 9. The molecule has 6 N–H and O–H groups in total. The molecule has 1 aromatic heterocycles. The summed E-state index contributed by atoms with van der Waals surface area (Å²) in [6.45, 7) is 1.04. The second kappa shape index (κ2) is 7.82. The van der Waals surface area contributed by atoms with Crippen molar-refractivity contribution in [3.63, 3.8) is 0 Å². The minimum absolute atomic E-state index is 0.337. The summed E-state index contributed by atoms with van der Waals surface area (Å²) in [6.07, 6.45) is -5.53. The maximum absolute atomic E-state index is 9.53. The van der Waals surface area contributed by atoms with Crippen molar-refractivity contribution in [3.05, 3.63) is 17.8 Å². The lowest BCUT2D eigenvalue weighted by Crippen LogP contribution is -2.46. The molecule has 1 aromatic rings. The van der Waals surface area contributed by atoms with Crippen LogP contribution in [0.25, 0.3) is 0 Å². The highest BCUT2D eigenvalue weighted by Crippen LogP contribution is 2.04. The minimum Gasteiger partial charge on any atom is -0.394 e. The predicted octanol–water partition coefficient (Wildman–Crippen LogP) is -2.38. The van der Waals surface area contributed by atoms with Crippen LogP contribution in [0.5, 0.6) is 0 Å². The van der Waals surface area contributed by atoms with E-state index in [0.29, 0.717) is 5.82 Å². The molecule has 0 saturated heterocycles. The Kier molecular flexibility index (Phi) is 6.42. The van der Waals surface area contributed by atoms with Crippen molar-refractivity contribution in [1.29, 1.82) is 0 Å². The van der Waals surface area contributed by atoms with Crippen LogP contribution >= 0.6 is 0 Å². The highest BCUT2D eigenvalue weighted by Gasteiger charge is 2.29. The molecule has 0 saturated carbocycles. The van der Waals surface area contributed by atoms with E-state index < -0.39 is 31.0 Å². The number of rotatable bonds is 7. The van der Waals surface area contributed by atoms with Crippen LogP contribution in [-0.2, 0) is 0 Å². The molecule has 0 spiro atoms. The molecule has 0 bridgehead atoms. The summed E-state index contributed by atoms with van der Waals surface area (Å²) in [7, 11) is 0. The molecule has 20 heavy (non-hydrogen) atoms. The molecule has 0 aromatic carbocycles. The Labute approximate surface area is 115 Å². The van der Waals surface area contributed by atoms with E-state index in [2.05, 4.69) is 20.7 Å². The molecule has 4 atom stereocenters. The highest BCUT2D eigenvalue weighted by atomic mass is 16.4. The van der Waals surface area contributed by atoms with Crippen molar-refractivity contribution in [2.24, 2.45) is 5.10 Å². The van der Waals surface area contributed by atoms with Crippen molar-refractivity contribution in [2.45, 2.75) is 31.3 Å². The third-order valence-electron chi connectivity index (χ3n) is 2.49. The average molecular weight is 286 g/mol. The van der Waals surface area contributed by atoms with E-state index in [0.717, 1.165) is 11.9 Å². The van der Waals surface area contributed by atoms with E-state index >= 15 is 0 Å². The molecule has 0 unspecified atom stereocenters. The molecule has 0 aliphatic rings. The fourth-order valence-corrected chi connectivity index (χ4v) is 1.26. The number of aliphatic hydroxyl groups is 5. The molecule has 0 aliphatic heterocycles. The number of anilines is 1. The predicted molar refractivity (Wildman–Crippen MR) is 70.0 cm³/mol. The quantitative estimate of drug-likeness (QED) is 0.240. The van der Waals surface area contributed by atoms with E-state index in [1.54, 1.807) is 19.1 Å². The van der Waals surface area contributed by atoms with Gasteiger partial charge in [0.25, 0.3) is 0 Å². The summed E-state index contributed by atoms with van der Waals surface area (Å²) >= 11 is 0. The summed E-state index contributed by atoms with van der Waals surface area (Å²) in [5.41, 5.74) is 3.20.